The Balaban J connectivity index is 2.70. The van der Waals surface area contributed by atoms with Gasteiger partial charge in [-0.05, 0) is 31.3 Å². The van der Waals surface area contributed by atoms with Crippen LogP contribution in [0.1, 0.15) is 33.5 Å². The van der Waals surface area contributed by atoms with E-state index in [0.29, 0.717) is 6.05 Å². The van der Waals surface area contributed by atoms with Gasteiger partial charge in [-0.15, -0.1) is 0 Å². The van der Waals surface area contributed by atoms with Crippen molar-refractivity contribution >= 4 is 0 Å². The Bertz CT molecular complexity index is 251. The van der Waals surface area contributed by atoms with Crippen molar-refractivity contribution < 1.29 is 6.48 Å². The molecule has 0 unspecified atom stereocenters. The molecule has 0 saturated heterocycles. The van der Waals surface area contributed by atoms with E-state index in [2.05, 4.69) is 12.2 Å². The summed E-state index contributed by atoms with van der Waals surface area (Å²) in [5.74, 6) is 0. The average Bonchev–Trinajstić information content (AvgIpc) is 2.30. The molecule has 1 nitrogen and oxygen atoms in total. The fourth-order valence-corrected chi connectivity index (χ4v) is 1.39. The van der Waals surface area contributed by atoms with E-state index in [9.17, 15) is 0 Å². The Hall–Kier alpha value is -0.820. The zero-order valence-corrected chi connectivity index (χ0v) is 8.00. The fourth-order valence-electron chi connectivity index (χ4n) is 1.39. The Labute approximate surface area is 81.9 Å². The lowest BCUT2D eigenvalue weighted by Gasteiger charge is -1.93. The van der Waals surface area contributed by atoms with E-state index in [1.165, 1.54) is 25.3 Å². The van der Waals surface area contributed by atoms with Crippen LogP contribution in [0, 0.1) is 0 Å². The monoisotopic (exact) mass is 179 g/mol. The minimum absolute atomic E-state index is 0.0516. The van der Waals surface area contributed by atoms with Crippen LogP contribution in [-0.4, -0.2) is 11.7 Å². The molecule has 0 amide bonds. The Morgan fingerprint density at radius 1 is 1.38 bits per heavy atom. The van der Waals surface area contributed by atoms with Crippen molar-refractivity contribution in [2.75, 3.05) is 6.61 Å². The van der Waals surface area contributed by atoms with E-state index in [1.54, 1.807) is 0 Å². The molecule has 1 aliphatic rings. The van der Waals surface area contributed by atoms with Gasteiger partial charge in [0, 0.05) is 0 Å². The topological polar surface area (TPSA) is 20.2 Å². The molecule has 1 aliphatic carbocycles. The van der Waals surface area contributed by atoms with Gasteiger partial charge in [0.2, 0.25) is 0 Å². The van der Waals surface area contributed by atoms with E-state index < -0.39 is 0 Å². The number of hydrogen-bond acceptors (Lipinski definition) is 1. The quantitative estimate of drug-likeness (QED) is 0.691. The van der Waals surface area contributed by atoms with Gasteiger partial charge in [-0.2, -0.15) is 0 Å². The van der Waals surface area contributed by atoms with Gasteiger partial charge in [0.25, 0.3) is 0 Å². The molecule has 1 N–H and O–H groups in total. The second-order valence-electron chi connectivity index (χ2n) is 3.23. The van der Waals surface area contributed by atoms with Crippen molar-refractivity contribution in [1.29, 1.82) is 0 Å². The first-order valence-corrected chi connectivity index (χ1v) is 4.99. The molecule has 1 rings (SSSR count). The maximum atomic E-state index is 8.70. The number of rotatable bonds is 2. The van der Waals surface area contributed by atoms with Crippen molar-refractivity contribution in [3.63, 3.8) is 0 Å². The average molecular weight is 179 g/mol. The maximum absolute atomic E-state index is 8.70. The van der Waals surface area contributed by atoms with E-state index >= 15 is 0 Å². The Kier molecular flexibility index (Phi) is 4.50. The molecule has 0 radical (unpaired) electrons. The van der Waals surface area contributed by atoms with E-state index in [1.807, 2.05) is 6.08 Å². The first kappa shape index (κ1) is 8.76. The van der Waals surface area contributed by atoms with Crippen molar-refractivity contribution in [2.24, 2.45) is 0 Å². The van der Waals surface area contributed by atoms with Gasteiger partial charge in [0.15, 0.2) is 0 Å². The molecule has 1 heteroatoms. The van der Waals surface area contributed by atoms with Gasteiger partial charge in [0.1, 0.15) is 0 Å². The second-order valence-corrected chi connectivity index (χ2v) is 3.23. The molecule has 0 aliphatic heterocycles. The molecule has 0 heterocycles. The van der Waals surface area contributed by atoms with Crippen LogP contribution in [0.2, 0.25) is 0 Å². The van der Waals surface area contributed by atoms with Gasteiger partial charge in [-0.3, -0.25) is 0 Å². The highest BCUT2D eigenvalue weighted by atomic mass is 16.2. The molecule has 13 heavy (non-hydrogen) atoms. The minimum Gasteiger partial charge on any atom is -0.392 e. The minimum atomic E-state index is -0.0516. The fraction of sp³-hybridized carbons (Fsp3) is 0.500. The smallest absolute Gasteiger partial charge is 0.0626 e. The van der Waals surface area contributed by atoms with Gasteiger partial charge in [-0.25, -0.2) is 0 Å². The molecule has 72 valence electrons. The third-order valence-electron chi connectivity index (χ3n) is 2.10. The number of aliphatic hydroxyl groups excluding tert-OH is 1. The van der Waals surface area contributed by atoms with E-state index in [-0.39, 0.29) is 6.61 Å². The summed E-state index contributed by atoms with van der Waals surface area (Å²) in [6.45, 7) is -0.0516. The van der Waals surface area contributed by atoms with Crippen LogP contribution in [0.3, 0.4) is 0 Å². The summed E-state index contributed by atoms with van der Waals surface area (Å²) in [5.41, 5.74) is 0.945. The predicted molar refractivity (Wildman–Crippen MR) is 56.5 cm³/mol. The van der Waals surface area contributed by atoms with Crippen molar-refractivity contribution in [1.82, 2.24) is 0 Å². The normalized spacial score (nSPS) is 27.6. The summed E-state index contributed by atoms with van der Waals surface area (Å²) in [5, 5.41) is 8.70. The van der Waals surface area contributed by atoms with Crippen molar-refractivity contribution in [3.05, 3.63) is 35.9 Å². The number of hydrogen-bond donors (Lipinski definition) is 1. The zero-order valence-electron chi connectivity index (χ0n) is 9.00. The molecule has 0 atom stereocenters. The summed E-state index contributed by atoms with van der Waals surface area (Å²) in [7, 11) is 0. The molecular weight excluding hydrogens is 160 g/mol. The van der Waals surface area contributed by atoms with Crippen LogP contribution in [0.25, 0.3) is 0 Å². The molecule has 0 aromatic heterocycles. The zero-order chi connectivity index (χ0) is 10.2. The number of allylic oxidation sites excluding steroid dienone is 5. The molecule has 0 bridgehead atoms. The van der Waals surface area contributed by atoms with Gasteiger partial charge in [-0.1, -0.05) is 36.8 Å². The molecule has 0 spiro atoms. The molecule has 0 aromatic carbocycles. The summed E-state index contributed by atoms with van der Waals surface area (Å²) >= 11 is 0. The Morgan fingerprint density at radius 3 is 3.08 bits per heavy atom. The predicted octanol–water partition coefficient (Wildman–Crippen LogP) is 2.98. The molecule has 0 saturated carbocycles. The maximum Gasteiger partial charge on any atom is 0.0626 e. The van der Waals surface area contributed by atoms with Crippen LogP contribution in [0.5, 0.6) is 0 Å². The summed E-state index contributed by atoms with van der Waals surface area (Å²) < 4.78 is 7.69. The lowest BCUT2D eigenvalue weighted by atomic mass is 10.1. The third kappa shape index (κ3) is 4.69. The van der Waals surface area contributed by atoms with Crippen LogP contribution < -0.4 is 0 Å². The lowest BCUT2D eigenvalue weighted by molar-refractivity contribution is 0.342. The van der Waals surface area contributed by atoms with Crippen LogP contribution in [0.15, 0.2) is 35.9 Å². The summed E-state index contributed by atoms with van der Waals surface area (Å²) in [6, 6.07) is 0.436. The van der Waals surface area contributed by atoms with E-state index in [0.717, 1.165) is 18.4 Å². The third-order valence-corrected chi connectivity index (χ3v) is 2.10. The first-order chi connectivity index (χ1) is 6.84. The van der Waals surface area contributed by atoms with E-state index in [4.69, 9.17) is 6.48 Å². The molecular formula is C12H18O. The van der Waals surface area contributed by atoms with Gasteiger partial charge < -0.3 is 5.11 Å². The Morgan fingerprint density at radius 2 is 2.23 bits per heavy atom. The highest BCUT2D eigenvalue weighted by Gasteiger charge is 1.92. The number of aliphatic hydroxyl groups is 1. The van der Waals surface area contributed by atoms with Crippen LogP contribution in [-0.2, 0) is 0 Å². The summed E-state index contributed by atoms with van der Waals surface area (Å²) in [4.78, 5) is 0. The first-order valence-electron chi connectivity index (χ1n) is 5.49. The van der Waals surface area contributed by atoms with Crippen molar-refractivity contribution in [2.45, 2.75) is 32.1 Å². The van der Waals surface area contributed by atoms with Gasteiger partial charge >= 0.3 is 0 Å². The standard InChI is InChI=1S/C12H18O/c13-11-7-10-12-8-5-3-1-2-4-6-9-12/h5,7-10,13H,1-4,6,11H2/b8-5-,10-7+,12-9+/i10D. The van der Waals surface area contributed by atoms with Crippen molar-refractivity contribution in [3.8, 4) is 0 Å². The largest absolute Gasteiger partial charge is 0.392 e. The SMILES string of the molecule is [2H]C(=C\CO)/C1=C/CCCCC/C=C\1. The molecule has 0 fully saturated rings. The highest BCUT2D eigenvalue weighted by Crippen LogP contribution is 2.11. The van der Waals surface area contributed by atoms with Crippen LogP contribution >= 0.6 is 0 Å². The lowest BCUT2D eigenvalue weighted by Crippen LogP contribution is -1.76. The molecule has 0 aromatic rings. The van der Waals surface area contributed by atoms with Crippen LogP contribution in [0.4, 0.5) is 0 Å². The second kappa shape index (κ2) is 6.67. The van der Waals surface area contributed by atoms with Gasteiger partial charge in [0.05, 0.1) is 7.98 Å². The summed E-state index contributed by atoms with van der Waals surface area (Å²) in [6.07, 6.45) is 13.6. The highest BCUT2D eigenvalue weighted by molar-refractivity contribution is 5.30.